The fraction of sp³-hybridized carbons (Fsp3) is 0.174. The van der Waals surface area contributed by atoms with Crippen molar-refractivity contribution in [3.63, 3.8) is 0 Å². The highest BCUT2D eigenvalue weighted by Crippen LogP contribution is 2.47. The second-order valence-corrected chi connectivity index (χ2v) is 6.88. The van der Waals surface area contributed by atoms with Crippen LogP contribution in [0.2, 0.25) is 0 Å². The molecule has 0 heterocycles. The SMILES string of the molecule is CCOC(=O)C(c1ccccc1)c1c(F)c(F)c(F)c2c1Cc1ccc(F)c(F)c1-2. The molecule has 0 fully saturated rings. The van der Waals surface area contributed by atoms with Gasteiger partial charge in [-0.3, -0.25) is 4.79 Å². The van der Waals surface area contributed by atoms with Gasteiger partial charge in [0.15, 0.2) is 29.1 Å². The molecule has 30 heavy (non-hydrogen) atoms. The van der Waals surface area contributed by atoms with Crippen LogP contribution in [0, 0.1) is 29.1 Å². The average molecular weight is 418 g/mol. The lowest BCUT2D eigenvalue weighted by atomic mass is 9.85. The van der Waals surface area contributed by atoms with Crippen LogP contribution in [0.15, 0.2) is 42.5 Å². The van der Waals surface area contributed by atoms with Crippen molar-refractivity contribution in [3.05, 3.63) is 93.8 Å². The summed E-state index contributed by atoms with van der Waals surface area (Å²) < 4.78 is 77.7. The molecule has 0 aliphatic heterocycles. The molecule has 3 aromatic rings. The van der Waals surface area contributed by atoms with Gasteiger partial charge in [0.05, 0.1) is 6.61 Å². The van der Waals surface area contributed by atoms with Gasteiger partial charge in [-0.2, -0.15) is 0 Å². The summed E-state index contributed by atoms with van der Waals surface area (Å²) in [5, 5.41) is 0. The topological polar surface area (TPSA) is 26.3 Å². The first kappa shape index (κ1) is 20.1. The lowest BCUT2D eigenvalue weighted by Gasteiger charge is -2.21. The van der Waals surface area contributed by atoms with E-state index < -0.39 is 57.7 Å². The molecule has 0 saturated heterocycles. The summed E-state index contributed by atoms with van der Waals surface area (Å²) in [6.07, 6.45) is -0.186. The number of halogens is 5. The van der Waals surface area contributed by atoms with Gasteiger partial charge in [-0.25, -0.2) is 22.0 Å². The van der Waals surface area contributed by atoms with E-state index in [4.69, 9.17) is 4.74 Å². The molecule has 7 heteroatoms. The van der Waals surface area contributed by atoms with Crippen LogP contribution >= 0.6 is 0 Å². The van der Waals surface area contributed by atoms with E-state index in [1.807, 2.05) is 0 Å². The fourth-order valence-electron chi connectivity index (χ4n) is 3.96. The van der Waals surface area contributed by atoms with Gasteiger partial charge >= 0.3 is 5.97 Å². The van der Waals surface area contributed by atoms with Crippen LogP contribution in [0.5, 0.6) is 0 Å². The van der Waals surface area contributed by atoms with Gasteiger partial charge in [0, 0.05) is 16.7 Å². The van der Waals surface area contributed by atoms with Crippen molar-refractivity contribution in [1.82, 2.24) is 0 Å². The number of carbonyl (C=O) groups is 1. The Morgan fingerprint density at radius 2 is 1.60 bits per heavy atom. The number of fused-ring (bicyclic) bond motifs is 3. The summed E-state index contributed by atoms with van der Waals surface area (Å²) >= 11 is 0. The number of hydrogen-bond acceptors (Lipinski definition) is 2. The van der Waals surface area contributed by atoms with Gasteiger partial charge < -0.3 is 4.74 Å². The third-order valence-corrected chi connectivity index (χ3v) is 5.21. The average Bonchev–Trinajstić information content (AvgIpc) is 3.13. The van der Waals surface area contributed by atoms with Crippen LogP contribution in [0.25, 0.3) is 11.1 Å². The number of esters is 1. The Kier molecular flexibility index (Phi) is 5.05. The number of ether oxygens (including phenoxy) is 1. The summed E-state index contributed by atoms with van der Waals surface area (Å²) in [6, 6.07) is 10.0. The third-order valence-electron chi connectivity index (χ3n) is 5.21. The first-order chi connectivity index (χ1) is 14.4. The number of rotatable bonds is 4. The Balaban J connectivity index is 2.05. The van der Waals surface area contributed by atoms with Crippen molar-refractivity contribution >= 4 is 5.97 Å². The molecule has 154 valence electrons. The molecule has 0 amide bonds. The monoisotopic (exact) mass is 418 g/mol. The first-order valence-corrected chi connectivity index (χ1v) is 9.24. The fourth-order valence-corrected chi connectivity index (χ4v) is 3.96. The maximum atomic E-state index is 15.1. The van der Waals surface area contributed by atoms with Crippen LogP contribution < -0.4 is 0 Å². The minimum atomic E-state index is -1.86. The summed E-state index contributed by atoms with van der Waals surface area (Å²) in [5.74, 6) is -9.89. The van der Waals surface area contributed by atoms with Crippen molar-refractivity contribution in [2.75, 3.05) is 6.61 Å². The van der Waals surface area contributed by atoms with Crippen molar-refractivity contribution in [1.29, 1.82) is 0 Å². The molecule has 1 aliphatic carbocycles. The maximum absolute atomic E-state index is 15.1. The first-order valence-electron chi connectivity index (χ1n) is 9.24. The Morgan fingerprint density at radius 3 is 2.27 bits per heavy atom. The molecular formula is C23H15F5O2. The lowest BCUT2D eigenvalue weighted by molar-refractivity contribution is -0.143. The maximum Gasteiger partial charge on any atom is 0.318 e. The van der Waals surface area contributed by atoms with Gasteiger partial charge in [-0.15, -0.1) is 0 Å². The smallest absolute Gasteiger partial charge is 0.318 e. The Bertz CT molecular complexity index is 1160. The van der Waals surface area contributed by atoms with E-state index in [0.29, 0.717) is 5.56 Å². The zero-order valence-electron chi connectivity index (χ0n) is 15.7. The highest BCUT2D eigenvalue weighted by molar-refractivity contribution is 5.87. The quantitative estimate of drug-likeness (QED) is 0.243. The van der Waals surface area contributed by atoms with E-state index in [-0.39, 0.29) is 24.2 Å². The second kappa shape index (κ2) is 7.55. The zero-order valence-corrected chi connectivity index (χ0v) is 15.7. The second-order valence-electron chi connectivity index (χ2n) is 6.88. The summed E-state index contributed by atoms with van der Waals surface area (Å²) in [7, 11) is 0. The summed E-state index contributed by atoms with van der Waals surface area (Å²) in [6.45, 7) is 1.54. The van der Waals surface area contributed by atoms with Gasteiger partial charge in [0.25, 0.3) is 0 Å². The molecule has 0 radical (unpaired) electrons. The van der Waals surface area contributed by atoms with Crippen molar-refractivity contribution in [3.8, 4) is 11.1 Å². The van der Waals surface area contributed by atoms with Gasteiger partial charge in [0.1, 0.15) is 5.92 Å². The zero-order chi connectivity index (χ0) is 21.6. The van der Waals surface area contributed by atoms with E-state index in [1.54, 1.807) is 25.1 Å². The van der Waals surface area contributed by atoms with E-state index in [2.05, 4.69) is 0 Å². The molecule has 0 spiro atoms. The van der Waals surface area contributed by atoms with Gasteiger partial charge in [-0.05, 0) is 36.1 Å². The van der Waals surface area contributed by atoms with E-state index in [0.717, 1.165) is 6.07 Å². The Hall–Kier alpha value is -3.22. The molecule has 4 rings (SSSR count). The van der Waals surface area contributed by atoms with Crippen molar-refractivity contribution < 1.29 is 31.5 Å². The molecule has 2 nitrogen and oxygen atoms in total. The summed E-state index contributed by atoms with van der Waals surface area (Å²) in [4.78, 5) is 12.7. The number of carbonyl (C=O) groups excluding carboxylic acids is 1. The molecular weight excluding hydrogens is 403 g/mol. The predicted octanol–water partition coefficient (Wildman–Crippen LogP) is 5.65. The van der Waals surface area contributed by atoms with Gasteiger partial charge in [0.2, 0.25) is 0 Å². The van der Waals surface area contributed by atoms with Crippen LogP contribution in [0.4, 0.5) is 22.0 Å². The highest BCUT2D eigenvalue weighted by atomic mass is 19.2. The standard InChI is InChI=1S/C23H15F5O2/c1-2-30-23(29)16(11-6-4-3-5-7-11)18-13-10-12-8-9-14(24)19(25)15(12)17(13)20(26)22(28)21(18)27/h3-9,16H,2,10H2,1H3. The van der Waals surface area contributed by atoms with E-state index in [9.17, 15) is 22.4 Å². The Morgan fingerprint density at radius 1 is 0.900 bits per heavy atom. The van der Waals surface area contributed by atoms with Gasteiger partial charge in [-0.1, -0.05) is 36.4 Å². The highest BCUT2D eigenvalue weighted by Gasteiger charge is 2.39. The molecule has 1 atom stereocenters. The van der Waals surface area contributed by atoms with Crippen LogP contribution in [0.1, 0.15) is 35.1 Å². The van der Waals surface area contributed by atoms with Crippen molar-refractivity contribution in [2.45, 2.75) is 19.3 Å². The molecule has 1 unspecified atom stereocenters. The third kappa shape index (κ3) is 2.96. The number of hydrogen-bond donors (Lipinski definition) is 0. The minimum Gasteiger partial charge on any atom is -0.465 e. The Labute approximate surface area is 168 Å². The number of benzene rings is 3. The molecule has 0 saturated carbocycles. The molecule has 3 aromatic carbocycles. The molecule has 0 aromatic heterocycles. The molecule has 0 N–H and O–H groups in total. The molecule has 0 bridgehead atoms. The van der Waals surface area contributed by atoms with E-state index in [1.165, 1.54) is 18.2 Å². The van der Waals surface area contributed by atoms with E-state index >= 15 is 4.39 Å². The summed E-state index contributed by atoms with van der Waals surface area (Å²) in [5.41, 5.74) is -1.10. The largest absolute Gasteiger partial charge is 0.465 e. The van der Waals surface area contributed by atoms with Crippen molar-refractivity contribution in [2.24, 2.45) is 0 Å². The van der Waals surface area contributed by atoms with Crippen LogP contribution in [-0.4, -0.2) is 12.6 Å². The predicted molar refractivity (Wildman–Crippen MR) is 99.4 cm³/mol. The minimum absolute atomic E-state index is 0.0181. The molecule has 1 aliphatic rings. The lowest BCUT2D eigenvalue weighted by Crippen LogP contribution is -2.21. The van der Waals surface area contributed by atoms with Crippen LogP contribution in [-0.2, 0) is 16.0 Å². The van der Waals surface area contributed by atoms with Crippen LogP contribution in [0.3, 0.4) is 0 Å². The normalized spacial score (nSPS) is 13.0.